The molecule has 0 aliphatic carbocycles. The molecule has 6 aromatic heterocycles. The van der Waals surface area contributed by atoms with Crippen LogP contribution in [-0.2, 0) is 0 Å². The van der Waals surface area contributed by atoms with E-state index in [9.17, 15) is 0 Å². The van der Waals surface area contributed by atoms with Gasteiger partial charge < -0.3 is 8.97 Å². The Hall–Kier alpha value is -7.95. The maximum absolute atomic E-state index is 5.73. The first-order chi connectivity index (χ1) is 29.3. The second-order valence-electron chi connectivity index (χ2n) is 16.3. The van der Waals surface area contributed by atoms with Crippen molar-refractivity contribution in [2.24, 2.45) is 0 Å². The van der Waals surface area contributed by atoms with Crippen molar-refractivity contribution in [3.05, 3.63) is 182 Å². The minimum atomic E-state index is 1.01. The fraction of sp³-hybridized carbons (Fsp3) is 0. The number of aromatic nitrogens is 4. The molecule has 15 aromatic rings. The van der Waals surface area contributed by atoms with Crippen molar-refractivity contribution in [1.29, 1.82) is 0 Å². The smallest absolute Gasteiger partial charge is 0.146 e. The van der Waals surface area contributed by atoms with Crippen LogP contribution in [0.3, 0.4) is 0 Å². The quantitative estimate of drug-likeness (QED) is 0.173. The highest BCUT2D eigenvalue weighted by molar-refractivity contribution is 6.35. The molecule has 0 bridgehead atoms. The molecule has 15 rings (SSSR count). The highest BCUT2D eigenvalue weighted by Gasteiger charge is 2.27. The summed E-state index contributed by atoms with van der Waals surface area (Å²) in [7, 11) is 0. The third-order valence-electron chi connectivity index (χ3n) is 13.4. The SMILES string of the molecule is c1ccc(-n2c3ccccc3c3cc(-c4c5ccccc5cc5c6c7ccccc7cc7c8nc9c(cc8n(c45)c76)c4cccc5c6ccccc6n9c54)ccc32)cc1. The number of fused-ring (bicyclic) bond motifs is 18. The molecule has 0 spiro atoms. The predicted molar refractivity (Wildman–Crippen MR) is 248 cm³/mol. The molecule has 4 nitrogen and oxygen atoms in total. The Morgan fingerprint density at radius 2 is 0.966 bits per heavy atom. The zero-order valence-electron chi connectivity index (χ0n) is 31.6. The van der Waals surface area contributed by atoms with Crippen LogP contribution in [0.15, 0.2) is 182 Å². The molecule has 0 saturated heterocycles. The molecule has 0 amide bonds. The van der Waals surface area contributed by atoms with Crippen LogP contribution < -0.4 is 0 Å². The van der Waals surface area contributed by atoms with E-state index in [0.717, 1.165) is 22.4 Å². The molecule has 0 N–H and O–H groups in total. The van der Waals surface area contributed by atoms with Crippen LogP contribution in [0.1, 0.15) is 0 Å². The Morgan fingerprint density at radius 3 is 1.80 bits per heavy atom. The van der Waals surface area contributed by atoms with Crippen molar-refractivity contribution < 1.29 is 0 Å². The molecular weight excluding hydrogens is 717 g/mol. The Balaban J connectivity index is 1.16. The van der Waals surface area contributed by atoms with Gasteiger partial charge in [-0.15, -0.1) is 0 Å². The van der Waals surface area contributed by atoms with Crippen LogP contribution in [0.2, 0.25) is 0 Å². The van der Waals surface area contributed by atoms with Gasteiger partial charge >= 0.3 is 0 Å². The normalized spacial score (nSPS) is 12.7. The Bertz CT molecular complexity index is 4300. The third-order valence-corrected chi connectivity index (χ3v) is 13.4. The molecule has 0 radical (unpaired) electrons. The highest BCUT2D eigenvalue weighted by atomic mass is 15.0. The monoisotopic (exact) mass is 746 g/mol. The van der Waals surface area contributed by atoms with Gasteiger partial charge in [0.15, 0.2) is 0 Å². The number of hydrogen-bond donors (Lipinski definition) is 0. The lowest BCUT2D eigenvalue weighted by molar-refractivity contribution is 1.18. The lowest BCUT2D eigenvalue weighted by Gasteiger charge is -2.13. The largest absolute Gasteiger partial charge is 0.309 e. The number of nitrogens with zero attached hydrogens (tertiary/aromatic N) is 4. The summed E-state index contributed by atoms with van der Waals surface area (Å²) in [6.45, 7) is 0. The van der Waals surface area contributed by atoms with Crippen molar-refractivity contribution in [3.63, 3.8) is 0 Å². The van der Waals surface area contributed by atoms with Gasteiger partial charge in [0, 0.05) is 59.7 Å². The van der Waals surface area contributed by atoms with E-state index in [1.54, 1.807) is 0 Å². The molecule has 4 heteroatoms. The van der Waals surface area contributed by atoms with Crippen LogP contribution in [0.25, 0.3) is 137 Å². The topological polar surface area (TPSA) is 26.6 Å². The summed E-state index contributed by atoms with van der Waals surface area (Å²) in [6, 6.07) is 67.3. The molecule has 0 fully saturated rings. The molecule has 0 saturated carbocycles. The lowest BCUT2D eigenvalue weighted by atomic mass is 9.92. The van der Waals surface area contributed by atoms with Gasteiger partial charge in [-0.25, -0.2) is 4.98 Å². The number of rotatable bonds is 2. The van der Waals surface area contributed by atoms with E-state index in [1.807, 2.05) is 0 Å². The average Bonchev–Trinajstić information content (AvgIpc) is 4.08. The van der Waals surface area contributed by atoms with Gasteiger partial charge in [0.2, 0.25) is 0 Å². The molecule has 270 valence electrons. The summed E-state index contributed by atoms with van der Waals surface area (Å²) in [5, 5.41) is 16.2. The molecule has 0 unspecified atom stereocenters. The van der Waals surface area contributed by atoms with Gasteiger partial charge in [-0.05, 0) is 81.7 Å². The van der Waals surface area contributed by atoms with E-state index in [1.165, 1.54) is 114 Å². The van der Waals surface area contributed by atoms with E-state index in [-0.39, 0.29) is 0 Å². The molecule has 0 aliphatic heterocycles. The molecular formula is C55H30N4. The third kappa shape index (κ3) is 3.60. The second-order valence-corrected chi connectivity index (χ2v) is 16.3. The summed E-state index contributed by atoms with van der Waals surface area (Å²) in [6.07, 6.45) is 0. The standard InChI is InChI=1S/C55H30N4/c1-2-15-34(16-3-1)57-45-23-10-9-20-38(45)41-29-33(25-26-47(41)57)49-35-17-6-4-13-31(35)27-43-50-36-18-7-5-14-32(36)28-44-51-48(58(53(43)49)54(44)50)30-42-40-22-12-21-39-37-19-8-11-24-46(37)59(52(39)40)55(42)56-51/h1-30H. The van der Waals surface area contributed by atoms with E-state index in [2.05, 4.69) is 195 Å². The zero-order chi connectivity index (χ0) is 38.1. The van der Waals surface area contributed by atoms with Gasteiger partial charge in [0.1, 0.15) is 5.65 Å². The Kier molecular flexibility index (Phi) is 5.38. The minimum Gasteiger partial charge on any atom is -0.309 e. The van der Waals surface area contributed by atoms with Crippen LogP contribution >= 0.6 is 0 Å². The first kappa shape index (κ1) is 30.2. The zero-order valence-corrected chi connectivity index (χ0v) is 31.6. The first-order valence-corrected chi connectivity index (χ1v) is 20.4. The number of para-hydroxylation sites is 4. The second kappa shape index (κ2) is 10.5. The predicted octanol–water partition coefficient (Wildman–Crippen LogP) is 14.5. The van der Waals surface area contributed by atoms with Gasteiger partial charge in [0.05, 0.1) is 44.1 Å². The molecule has 0 atom stereocenters. The van der Waals surface area contributed by atoms with E-state index >= 15 is 0 Å². The fourth-order valence-corrected chi connectivity index (χ4v) is 11.1. The van der Waals surface area contributed by atoms with Crippen molar-refractivity contribution in [2.45, 2.75) is 0 Å². The summed E-state index contributed by atoms with van der Waals surface area (Å²) >= 11 is 0. The van der Waals surface area contributed by atoms with Gasteiger partial charge in [-0.1, -0.05) is 127 Å². The summed E-state index contributed by atoms with van der Waals surface area (Å²) in [4.78, 5) is 5.73. The van der Waals surface area contributed by atoms with E-state index in [0.29, 0.717) is 0 Å². The minimum absolute atomic E-state index is 1.01. The lowest BCUT2D eigenvalue weighted by Crippen LogP contribution is -1.93. The Labute approximate surface area is 335 Å². The van der Waals surface area contributed by atoms with Gasteiger partial charge in [0.25, 0.3) is 0 Å². The highest BCUT2D eigenvalue weighted by Crippen LogP contribution is 2.49. The van der Waals surface area contributed by atoms with E-state index < -0.39 is 0 Å². The summed E-state index contributed by atoms with van der Waals surface area (Å²) < 4.78 is 7.37. The molecule has 0 aliphatic rings. The van der Waals surface area contributed by atoms with Crippen molar-refractivity contribution >= 4 is 120 Å². The summed E-state index contributed by atoms with van der Waals surface area (Å²) in [5.41, 5.74) is 14.1. The molecule has 9 aromatic carbocycles. The number of benzene rings is 9. The first-order valence-electron chi connectivity index (χ1n) is 20.4. The summed E-state index contributed by atoms with van der Waals surface area (Å²) in [5.74, 6) is 0. The average molecular weight is 747 g/mol. The molecule has 6 heterocycles. The van der Waals surface area contributed by atoms with Crippen LogP contribution in [0.5, 0.6) is 0 Å². The van der Waals surface area contributed by atoms with Crippen LogP contribution in [0, 0.1) is 0 Å². The maximum Gasteiger partial charge on any atom is 0.146 e. The number of hydrogen-bond acceptors (Lipinski definition) is 1. The van der Waals surface area contributed by atoms with Gasteiger partial charge in [-0.2, -0.15) is 0 Å². The van der Waals surface area contributed by atoms with Crippen molar-refractivity contribution in [1.82, 2.24) is 18.4 Å². The fourth-order valence-electron chi connectivity index (χ4n) is 11.1. The van der Waals surface area contributed by atoms with Crippen LogP contribution in [0.4, 0.5) is 0 Å². The number of pyridine rings is 1. The maximum atomic E-state index is 5.73. The Morgan fingerprint density at radius 1 is 0.339 bits per heavy atom. The van der Waals surface area contributed by atoms with Crippen LogP contribution in [-0.4, -0.2) is 18.4 Å². The molecule has 59 heavy (non-hydrogen) atoms. The van der Waals surface area contributed by atoms with E-state index in [4.69, 9.17) is 4.98 Å². The van der Waals surface area contributed by atoms with Crippen molar-refractivity contribution in [3.8, 4) is 16.8 Å². The van der Waals surface area contributed by atoms with Gasteiger partial charge in [-0.3, -0.25) is 4.40 Å². The van der Waals surface area contributed by atoms with Crippen molar-refractivity contribution in [2.75, 3.05) is 0 Å².